The molecule has 0 spiro atoms. The van der Waals surface area contributed by atoms with Crippen LogP contribution in [0, 0.1) is 5.92 Å². The van der Waals surface area contributed by atoms with Crippen LogP contribution in [0.5, 0.6) is 0 Å². The van der Waals surface area contributed by atoms with E-state index in [0.29, 0.717) is 13.0 Å². The van der Waals surface area contributed by atoms with Crippen molar-refractivity contribution >= 4 is 21.6 Å². The average Bonchev–Trinajstić information content (AvgIpc) is 2.37. The Labute approximate surface area is 125 Å². The van der Waals surface area contributed by atoms with Crippen molar-refractivity contribution in [3.63, 3.8) is 0 Å². The summed E-state index contributed by atoms with van der Waals surface area (Å²) in [5, 5.41) is 0. The Morgan fingerprint density at radius 2 is 2.10 bits per heavy atom. The Morgan fingerprint density at radius 3 is 2.65 bits per heavy atom. The molecule has 112 valence electrons. The lowest BCUT2D eigenvalue weighted by Gasteiger charge is -2.35. The zero-order valence-corrected chi connectivity index (χ0v) is 12.8. The van der Waals surface area contributed by atoms with Gasteiger partial charge in [0.2, 0.25) is 0 Å². The van der Waals surface area contributed by atoms with Crippen LogP contribution < -0.4 is 10.6 Å². The Bertz CT molecular complexity index is 474. The monoisotopic (exact) mass is 350 g/mol. The Balaban J connectivity index is 2.17. The molecule has 0 bridgehead atoms. The number of halogens is 4. The van der Waals surface area contributed by atoms with Crippen LogP contribution >= 0.6 is 15.9 Å². The molecular weight excluding hydrogens is 333 g/mol. The van der Waals surface area contributed by atoms with Crippen LogP contribution in [-0.2, 0) is 0 Å². The molecule has 0 aliphatic carbocycles. The van der Waals surface area contributed by atoms with E-state index in [1.165, 1.54) is 0 Å². The van der Waals surface area contributed by atoms with Gasteiger partial charge in [0, 0.05) is 29.3 Å². The Kier molecular flexibility index (Phi) is 4.64. The zero-order valence-electron chi connectivity index (χ0n) is 11.3. The molecule has 0 aromatic heterocycles. The minimum atomic E-state index is -4.11. The van der Waals surface area contributed by atoms with Gasteiger partial charge in [0.1, 0.15) is 0 Å². The third kappa shape index (κ3) is 3.47. The maximum absolute atomic E-state index is 12.8. The lowest BCUT2D eigenvalue weighted by Crippen LogP contribution is -2.41. The number of hydrogen-bond donors (Lipinski definition) is 1. The van der Waals surface area contributed by atoms with E-state index in [4.69, 9.17) is 5.73 Å². The van der Waals surface area contributed by atoms with Crippen LogP contribution in [0.25, 0.3) is 0 Å². The second kappa shape index (κ2) is 5.93. The summed E-state index contributed by atoms with van der Waals surface area (Å²) >= 11 is 3.44. The molecule has 1 unspecified atom stereocenters. The molecule has 0 saturated carbocycles. The predicted octanol–water partition coefficient (Wildman–Crippen LogP) is 4.25. The topological polar surface area (TPSA) is 29.3 Å². The van der Waals surface area contributed by atoms with Crippen molar-refractivity contribution in [2.24, 2.45) is 11.7 Å². The number of nitrogens with two attached hydrogens (primary N) is 1. The Hall–Kier alpha value is -0.750. The van der Waals surface area contributed by atoms with Gasteiger partial charge < -0.3 is 10.6 Å². The quantitative estimate of drug-likeness (QED) is 0.863. The van der Waals surface area contributed by atoms with E-state index in [2.05, 4.69) is 15.9 Å². The largest absolute Gasteiger partial charge is 0.393 e. The highest BCUT2D eigenvalue weighted by Gasteiger charge is 2.41. The highest BCUT2D eigenvalue weighted by Crippen LogP contribution is 2.36. The first kappa shape index (κ1) is 15.6. The number of benzene rings is 1. The van der Waals surface area contributed by atoms with Crippen molar-refractivity contribution in [2.45, 2.75) is 32.0 Å². The molecule has 1 saturated heterocycles. The van der Waals surface area contributed by atoms with Crippen LogP contribution in [-0.4, -0.2) is 19.3 Å². The number of rotatable bonds is 2. The van der Waals surface area contributed by atoms with Gasteiger partial charge in [-0.05, 0) is 37.5 Å². The molecule has 0 amide bonds. The summed E-state index contributed by atoms with van der Waals surface area (Å²) in [5.41, 5.74) is 7.60. The summed E-state index contributed by atoms with van der Waals surface area (Å²) in [4.78, 5) is 1.80. The van der Waals surface area contributed by atoms with Gasteiger partial charge in [0.15, 0.2) is 0 Å². The minimum Gasteiger partial charge on any atom is -0.371 e. The Morgan fingerprint density at radius 1 is 1.40 bits per heavy atom. The number of anilines is 1. The fourth-order valence-corrected chi connectivity index (χ4v) is 3.29. The number of nitrogens with zero attached hydrogens (tertiary/aromatic N) is 1. The van der Waals surface area contributed by atoms with E-state index in [-0.39, 0.29) is 19.0 Å². The summed E-state index contributed by atoms with van der Waals surface area (Å²) in [6, 6.07) is 5.48. The van der Waals surface area contributed by atoms with Crippen LogP contribution in [0.1, 0.15) is 31.4 Å². The van der Waals surface area contributed by atoms with Gasteiger partial charge >= 0.3 is 6.18 Å². The van der Waals surface area contributed by atoms with Gasteiger partial charge in [-0.2, -0.15) is 13.2 Å². The van der Waals surface area contributed by atoms with Gasteiger partial charge in [-0.25, -0.2) is 0 Å². The van der Waals surface area contributed by atoms with Gasteiger partial charge in [-0.15, -0.1) is 0 Å². The number of hydrogen-bond acceptors (Lipinski definition) is 2. The van der Waals surface area contributed by atoms with E-state index < -0.39 is 12.1 Å². The maximum Gasteiger partial charge on any atom is 0.393 e. The summed E-state index contributed by atoms with van der Waals surface area (Å²) in [6.07, 6.45) is -3.32. The molecule has 2 nitrogen and oxygen atoms in total. The molecule has 2 rings (SSSR count). The average molecular weight is 351 g/mol. The van der Waals surface area contributed by atoms with Crippen molar-refractivity contribution in [1.82, 2.24) is 0 Å². The van der Waals surface area contributed by atoms with Crippen LogP contribution in [0.2, 0.25) is 0 Å². The highest BCUT2D eigenvalue weighted by atomic mass is 79.9. The number of alkyl halides is 3. The lowest BCUT2D eigenvalue weighted by atomic mass is 9.97. The van der Waals surface area contributed by atoms with Gasteiger partial charge in [0.25, 0.3) is 0 Å². The van der Waals surface area contributed by atoms with Crippen molar-refractivity contribution < 1.29 is 13.2 Å². The first-order valence-electron chi connectivity index (χ1n) is 6.65. The minimum absolute atomic E-state index is 0.0352. The van der Waals surface area contributed by atoms with E-state index in [0.717, 1.165) is 15.7 Å². The highest BCUT2D eigenvalue weighted by molar-refractivity contribution is 9.10. The third-order valence-corrected chi connectivity index (χ3v) is 4.41. The molecule has 1 aliphatic heterocycles. The molecule has 1 aromatic rings. The SMILES string of the molecule is C[C@@H](N)c1ccc(N2CCCC(C(F)(F)F)C2)cc1Br. The molecular formula is C14H18BrF3N2. The van der Waals surface area contributed by atoms with Gasteiger partial charge in [-0.3, -0.25) is 0 Å². The second-order valence-electron chi connectivity index (χ2n) is 5.32. The second-order valence-corrected chi connectivity index (χ2v) is 6.18. The first-order chi connectivity index (χ1) is 9.29. The summed E-state index contributed by atoms with van der Waals surface area (Å²) < 4.78 is 39.3. The standard InChI is InChI=1S/C14H18BrF3N2/c1-9(19)12-5-4-11(7-13(12)15)20-6-2-3-10(8-20)14(16,17)18/h4-5,7,9-10H,2-3,6,8,19H2,1H3/t9-,10?/m1/s1. The van der Waals surface area contributed by atoms with Crippen molar-refractivity contribution in [3.8, 4) is 0 Å². The summed E-state index contributed by atoms with van der Waals surface area (Å²) in [6.45, 7) is 2.57. The van der Waals surface area contributed by atoms with Gasteiger partial charge in [0.05, 0.1) is 5.92 Å². The molecule has 2 N–H and O–H groups in total. The summed E-state index contributed by atoms with van der Waals surface area (Å²) in [5.74, 6) is -1.23. The third-order valence-electron chi connectivity index (χ3n) is 3.72. The van der Waals surface area contributed by atoms with Crippen LogP contribution in [0.3, 0.4) is 0 Å². The molecule has 1 heterocycles. The molecule has 1 aliphatic rings. The van der Waals surface area contributed by atoms with E-state index in [9.17, 15) is 13.2 Å². The van der Waals surface area contributed by atoms with Crippen LogP contribution in [0.4, 0.5) is 18.9 Å². The maximum atomic E-state index is 12.8. The molecule has 1 fully saturated rings. The number of piperidine rings is 1. The smallest absolute Gasteiger partial charge is 0.371 e. The summed E-state index contributed by atoms with van der Waals surface area (Å²) in [7, 11) is 0. The molecule has 1 aromatic carbocycles. The van der Waals surface area contributed by atoms with Crippen molar-refractivity contribution in [2.75, 3.05) is 18.0 Å². The fraction of sp³-hybridized carbons (Fsp3) is 0.571. The molecule has 2 atom stereocenters. The van der Waals surface area contributed by atoms with Gasteiger partial charge in [-0.1, -0.05) is 22.0 Å². The first-order valence-corrected chi connectivity index (χ1v) is 7.45. The molecule has 0 radical (unpaired) electrons. The van der Waals surface area contributed by atoms with Crippen molar-refractivity contribution in [3.05, 3.63) is 28.2 Å². The predicted molar refractivity (Wildman–Crippen MR) is 77.7 cm³/mol. The van der Waals surface area contributed by atoms with Crippen molar-refractivity contribution in [1.29, 1.82) is 0 Å². The van der Waals surface area contributed by atoms with E-state index in [1.54, 1.807) is 4.90 Å². The van der Waals surface area contributed by atoms with E-state index in [1.807, 2.05) is 25.1 Å². The van der Waals surface area contributed by atoms with E-state index >= 15 is 0 Å². The van der Waals surface area contributed by atoms with Crippen LogP contribution in [0.15, 0.2) is 22.7 Å². The molecule has 20 heavy (non-hydrogen) atoms. The lowest BCUT2D eigenvalue weighted by molar-refractivity contribution is -0.175. The normalized spacial score (nSPS) is 21.9. The fourth-order valence-electron chi connectivity index (χ4n) is 2.56. The zero-order chi connectivity index (χ0) is 14.9. The molecule has 6 heteroatoms.